The van der Waals surface area contributed by atoms with Crippen molar-refractivity contribution in [2.75, 3.05) is 0 Å². The molecule has 3 rings (SSSR count). The topological polar surface area (TPSA) is 50.1 Å². The first kappa shape index (κ1) is 24.9. The van der Waals surface area contributed by atoms with Gasteiger partial charge in [-0.1, -0.05) is 35.9 Å². The predicted molar refractivity (Wildman–Crippen MR) is 113 cm³/mol. The Balaban J connectivity index is 1.91. The summed E-state index contributed by atoms with van der Waals surface area (Å²) >= 11 is 5.83. The highest BCUT2D eigenvalue weighted by molar-refractivity contribution is 6.30. The van der Waals surface area contributed by atoms with Crippen molar-refractivity contribution in [3.05, 3.63) is 99.6 Å². The lowest BCUT2D eigenvalue weighted by atomic mass is 10.0. The molecule has 0 bridgehead atoms. The lowest BCUT2D eigenvalue weighted by Crippen LogP contribution is -2.15. The molecule has 0 saturated heterocycles. The minimum absolute atomic E-state index is 0.0810. The Hall–Kier alpha value is -3.77. The zero-order valence-electron chi connectivity index (χ0n) is 16.8. The molecule has 0 N–H and O–H groups in total. The van der Waals surface area contributed by atoms with Crippen molar-refractivity contribution >= 4 is 29.2 Å². The molecule has 0 aliphatic heterocycles. The maximum Gasteiger partial charge on any atom is 0.416 e. The number of ether oxygens (including phenoxy) is 1. The molecule has 3 nitrogen and oxygen atoms in total. The first-order valence-corrected chi connectivity index (χ1v) is 9.74. The second-order valence-corrected chi connectivity index (χ2v) is 7.37. The van der Waals surface area contributed by atoms with Crippen LogP contribution < -0.4 is 4.74 Å². The van der Waals surface area contributed by atoms with Gasteiger partial charge in [0.1, 0.15) is 5.75 Å². The molecule has 10 heteroatoms. The average molecular weight is 496 g/mol. The van der Waals surface area contributed by atoms with E-state index in [1.807, 2.05) is 6.07 Å². The summed E-state index contributed by atoms with van der Waals surface area (Å²) < 4.78 is 83.2. The van der Waals surface area contributed by atoms with E-state index < -0.39 is 35.0 Å². The van der Waals surface area contributed by atoms with Crippen molar-refractivity contribution in [2.24, 2.45) is 0 Å². The Morgan fingerprint density at radius 1 is 0.853 bits per heavy atom. The van der Waals surface area contributed by atoms with Crippen LogP contribution in [-0.4, -0.2) is 5.97 Å². The zero-order chi connectivity index (χ0) is 25.1. The Kier molecular flexibility index (Phi) is 7.03. The lowest BCUT2D eigenvalue weighted by Gasteiger charge is -2.14. The molecule has 0 spiro atoms. The van der Waals surface area contributed by atoms with Crippen LogP contribution in [0.3, 0.4) is 0 Å². The van der Waals surface area contributed by atoms with Gasteiger partial charge in [0.25, 0.3) is 0 Å². The van der Waals surface area contributed by atoms with Crippen molar-refractivity contribution < 1.29 is 35.9 Å². The Morgan fingerprint density at radius 3 is 1.97 bits per heavy atom. The fraction of sp³-hybridized carbons (Fsp3) is 0.0833. The van der Waals surface area contributed by atoms with Gasteiger partial charge in [-0.3, -0.25) is 0 Å². The molecule has 0 atom stereocenters. The fourth-order valence-corrected chi connectivity index (χ4v) is 3.01. The summed E-state index contributed by atoms with van der Waals surface area (Å²) in [6, 6.07) is 14.5. The molecule has 3 aromatic carbocycles. The number of hydrogen-bond donors (Lipinski definition) is 0. The number of halogens is 7. The Morgan fingerprint density at radius 2 is 1.44 bits per heavy atom. The molecule has 0 radical (unpaired) electrons. The number of carbonyl (C=O) groups excluding carboxylic acids is 1. The van der Waals surface area contributed by atoms with Gasteiger partial charge in [-0.2, -0.15) is 31.6 Å². The van der Waals surface area contributed by atoms with Crippen LogP contribution in [-0.2, 0) is 12.4 Å². The fourth-order valence-electron chi connectivity index (χ4n) is 2.88. The van der Waals surface area contributed by atoms with E-state index in [2.05, 4.69) is 0 Å². The average Bonchev–Trinajstić information content (AvgIpc) is 2.77. The van der Waals surface area contributed by atoms with Gasteiger partial charge < -0.3 is 4.74 Å². The van der Waals surface area contributed by atoms with Gasteiger partial charge in [-0.05, 0) is 59.7 Å². The largest absolute Gasteiger partial charge is 0.423 e. The Bertz CT molecular complexity index is 1260. The van der Waals surface area contributed by atoms with E-state index in [0.29, 0.717) is 16.1 Å². The first-order chi connectivity index (χ1) is 15.9. The summed E-state index contributed by atoms with van der Waals surface area (Å²) in [5, 5.41) is 9.91. The smallest absolute Gasteiger partial charge is 0.416 e. The number of alkyl halides is 6. The molecule has 0 aromatic heterocycles. The third-order valence-corrected chi connectivity index (χ3v) is 4.73. The highest BCUT2D eigenvalue weighted by Crippen LogP contribution is 2.36. The molecule has 174 valence electrons. The zero-order valence-corrected chi connectivity index (χ0v) is 17.6. The van der Waals surface area contributed by atoms with Crippen LogP contribution in [0.1, 0.15) is 32.6 Å². The summed E-state index contributed by atoms with van der Waals surface area (Å²) in [4.78, 5) is 12.4. The van der Waals surface area contributed by atoms with Crippen LogP contribution in [0.5, 0.6) is 5.75 Å². The number of carbonyl (C=O) groups is 1. The van der Waals surface area contributed by atoms with Gasteiger partial charge in [0.15, 0.2) is 0 Å². The van der Waals surface area contributed by atoms with Gasteiger partial charge in [-0.15, -0.1) is 0 Å². The van der Waals surface area contributed by atoms with Crippen molar-refractivity contribution in [3.63, 3.8) is 0 Å². The number of esters is 1. The minimum atomic E-state index is -5.10. The van der Waals surface area contributed by atoms with Crippen molar-refractivity contribution in [1.29, 1.82) is 5.26 Å². The quantitative estimate of drug-likeness (QED) is 0.123. The third-order valence-electron chi connectivity index (χ3n) is 4.48. The van der Waals surface area contributed by atoms with Crippen molar-refractivity contribution in [2.45, 2.75) is 12.4 Å². The summed E-state index contributed by atoms with van der Waals surface area (Å²) in [6.07, 6.45) is -8.74. The second-order valence-electron chi connectivity index (χ2n) is 6.93. The lowest BCUT2D eigenvalue weighted by molar-refractivity contribution is -0.143. The van der Waals surface area contributed by atoms with Gasteiger partial charge in [0.2, 0.25) is 0 Å². The van der Waals surface area contributed by atoms with Gasteiger partial charge in [-0.25, -0.2) is 4.79 Å². The summed E-state index contributed by atoms with van der Waals surface area (Å²) in [6.45, 7) is 0. The van der Waals surface area contributed by atoms with Gasteiger partial charge >= 0.3 is 18.3 Å². The highest BCUT2D eigenvalue weighted by Gasteiger charge is 2.37. The van der Waals surface area contributed by atoms with E-state index >= 15 is 0 Å². The number of nitrogens with zero attached hydrogens (tertiary/aromatic N) is 1. The van der Waals surface area contributed by atoms with Crippen LogP contribution in [0, 0.1) is 11.3 Å². The molecule has 0 fully saturated rings. The first-order valence-electron chi connectivity index (χ1n) is 9.36. The normalized spacial score (nSPS) is 12.2. The molecule has 34 heavy (non-hydrogen) atoms. The number of nitriles is 1. The molecule has 0 amide bonds. The van der Waals surface area contributed by atoms with Crippen molar-refractivity contribution in [1.82, 2.24) is 0 Å². The molecule has 0 aliphatic carbocycles. The molecular formula is C24H12ClF6NO2. The molecule has 0 heterocycles. The van der Waals surface area contributed by atoms with Crippen LogP contribution in [0.25, 0.3) is 11.6 Å². The van der Waals surface area contributed by atoms with Crippen LogP contribution in [0.15, 0.2) is 66.7 Å². The van der Waals surface area contributed by atoms with Crippen LogP contribution in [0.2, 0.25) is 5.02 Å². The highest BCUT2D eigenvalue weighted by atomic mass is 35.5. The Labute approximate surface area is 194 Å². The van der Waals surface area contributed by atoms with E-state index in [-0.39, 0.29) is 29.5 Å². The standard InChI is InChI=1S/C24H12ClF6NO2/c25-20-6-4-15(5-7-20)17(13-32)8-14-2-1-3-21(9-14)34-22(33)16-10-18(23(26,27)28)12-19(11-16)24(29,30)31/h1-12H/b17-8-. The number of allylic oxidation sites excluding steroid dienone is 1. The molecular weight excluding hydrogens is 484 g/mol. The van der Waals surface area contributed by atoms with Gasteiger partial charge in [0.05, 0.1) is 28.3 Å². The molecule has 3 aromatic rings. The number of rotatable bonds is 4. The monoisotopic (exact) mass is 495 g/mol. The van der Waals surface area contributed by atoms with E-state index in [4.69, 9.17) is 16.3 Å². The van der Waals surface area contributed by atoms with Crippen molar-refractivity contribution in [3.8, 4) is 11.8 Å². The minimum Gasteiger partial charge on any atom is -0.423 e. The second kappa shape index (κ2) is 9.61. The van der Waals surface area contributed by atoms with Crippen LogP contribution >= 0.6 is 11.6 Å². The third kappa shape index (κ3) is 6.17. The maximum absolute atomic E-state index is 13.0. The summed E-state index contributed by atoms with van der Waals surface area (Å²) in [5.41, 5.74) is -2.98. The van der Waals surface area contributed by atoms with E-state index in [0.717, 1.165) is 0 Å². The predicted octanol–water partition coefficient (Wildman–Crippen LogP) is 7.66. The molecule has 0 aliphatic rings. The van der Waals surface area contributed by atoms with E-state index in [1.165, 1.54) is 24.3 Å². The van der Waals surface area contributed by atoms with Gasteiger partial charge in [0, 0.05) is 5.02 Å². The number of hydrogen-bond acceptors (Lipinski definition) is 3. The summed E-state index contributed by atoms with van der Waals surface area (Å²) in [7, 11) is 0. The molecule has 0 unspecified atom stereocenters. The summed E-state index contributed by atoms with van der Waals surface area (Å²) in [5.74, 6) is -1.55. The number of benzene rings is 3. The van der Waals surface area contributed by atoms with E-state index in [9.17, 15) is 36.4 Å². The maximum atomic E-state index is 13.0. The van der Waals surface area contributed by atoms with E-state index in [1.54, 1.807) is 30.3 Å². The van der Waals surface area contributed by atoms with Crippen LogP contribution in [0.4, 0.5) is 26.3 Å². The molecule has 0 saturated carbocycles. The SMILES string of the molecule is N#C/C(=C/c1cccc(OC(=O)c2cc(C(F)(F)F)cc(C(F)(F)F)c2)c1)c1ccc(Cl)cc1.